The van der Waals surface area contributed by atoms with Gasteiger partial charge in [-0.3, -0.25) is 9.88 Å². The Morgan fingerprint density at radius 2 is 2.28 bits per heavy atom. The summed E-state index contributed by atoms with van der Waals surface area (Å²) >= 11 is 0. The van der Waals surface area contributed by atoms with Crippen LogP contribution in [0.25, 0.3) is 0 Å². The summed E-state index contributed by atoms with van der Waals surface area (Å²) in [6.07, 6.45) is 5.34. The molecule has 1 aliphatic carbocycles. The minimum Gasteiger partial charge on any atom is -0.480 e. The molecular weight excluding hydrogens is 228 g/mol. The average Bonchev–Trinajstić information content (AvgIpc) is 2.33. The molecule has 1 fully saturated rings. The van der Waals surface area contributed by atoms with Crippen molar-refractivity contribution in [2.75, 3.05) is 13.6 Å². The van der Waals surface area contributed by atoms with Crippen LogP contribution in [0, 0.1) is 5.92 Å². The van der Waals surface area contributed by atoms with E-state index in [0.29, 0.717) is 11.6 Å². The lowest BCUT2D eigenvalue weighted by Gasteiger charge is -2.39. The van der Waals surface area contributed by atoms with Crippen molar-refractivity contribution < 1.29 is 9.90 Å². The molecule has 0 spiro atoms. The Morgan fingerprint density at radius 3 is 2.72 bits per heavy atom. The number of carboxylic acids is 1. The van der Waals surface area contributed by atoms with E-state index >= 15 is 0 Å². The first kappa shape index (κ1) is 13.0. The van der Waals surface area contributed by atoms with E-state index in [1.807, 2.05) is 18.0 Å². The predicted molar refractivity (Wildman–Crippen MR) is 69.2 cm³/mol. The molecule has 4 heteroatoms. The van der Waals surface area contributed by atoms with Crippen LogP contribution in [0.1, 0.15) is 31.9 Å². The van der Waals surface area contributed by atoms with E-state index in [1.165, 1.54) is 19.3 Å². The van der Waals surface area contributed by atoms with Gasteiger partial charge in [0, 0.05) is 12.7 Å². The lowest BCUT2D eigenvalue weighted by Crippen LogP contribution is -2.50. The molecule has 0 aliphatic heterocycles. The molecule has 2 rings (SSSR count). The van der Waals surface area contributed by atoms with Gasteiger partial charge >= 0.3 is 5.97 Å². The lowest BCUT2D eigenvalue weighted by molar-refractivity contribution is -0.151. The summed E-state index contributed by atoms with van der Waals surface area (Å²) < 4.78 is 0. The zero-order valence-corrected chi connectivity index (χ0v) is 11.0. The molecular formula is C14H20N2O2. The number of likely N-dealkylation sites (N-methyl/N-ethyl adjacent to an activating group) is 1. The maximum absolute atomic E-state index is 11.7. The summed E-state index contributed by atoms with van der Waals surface area (Å²) in [6, 6.07) is 5.42. The summed E-state index contributed by atoms with van der Waals surface area (Å²) in [7, 11) is 1.88. The third kappa shape index (κ3) is 2.25. The Morgan fingerprint density at radius 1 is 1.56 bits per heavy atom. The van der Waals surface area contributed by atoms with Gasteiger partial charge in [-0.25, -0.2) is 4.79 Å². The molecule has 1 aliphatic rings. The van der Waals surface area contributed by atoms with Gasteiger partial charge in [0.05, 0.1) is 5.69 Å². The second kappa shape index (κ2) is 5.06. The maximum Gasteiger partial charge on any atom is 0.330 e. The van der Waals surface area contributed by atoms with E-state index in [4.69, 9.17) is 0 Å². The van der Waals surface area contributed by atoms with Crippen molar-refractivity contribution in [1.29, 1.82) is 0 Å². The number of nitrogens with zero attached hydrogens (tertiary/aromatic N) is 2. The molecule has 1 atom stereocenters. The van der Waals surface area contributed by atoms with Crippen LogP contribution in [0.3, 0.4) is 0 Å². The van der Waals surface area contributed by atoms with Crippen LogP contribution >= 0.6 is 0 Å². The van der Waals surface area contributed by atoms with Gasteiger partial charge in [-0.1, -0.05) is 12.5 Å². The van der Waals surface area contributed by atoms with E-state index < -0.39 is 11.5 Å². The molecule has 1 heterocycles. The molecule has 98 valence electrons. The monoisotopic (exact) mass is 248 g/mol. The first-order valence-electron chi connectivity index (χ1n) is 6.41. The van der Waals surface area contributed by atoms with Crippen LogP contribution < -0.4 is 0 Å². The van der Waals surface area contributed by atoms with Crippen LogP contribution in [0.2, 0.25) is 0 Å². The first-order chi connectivity index (χ1) is 8.55. The quantitative estimate of drug-likeness (QED) is 0.867. The minimum absolute atomic E-state index is 0.597. The Kier molecular flexibility index (Phi) is 3.66. The zero-order valence-electron chi connectivity index (χ0n) is 11.0. The molecule has 0 amide bonds. The number of aliphatic carboxylic acids is 1. The first-order valence-corrected chi connectivity index (χ1v) is 6.41. The summed E-state index contributed by atoms with van der Waals surface area (Å²) in [5, 5.41) is 9.58. The van der Waals surface area contributed by atoms with Gasteiger partial charge in [0.25, 0.3) is 0 Å². The highest BCUT2D eigenvalue weighted by atomic mass is 16.4. The molecule has 0 saturated heterocycles. The van der Waals surface area contributed by atoms with Crippen LogP contribution in [0.4, 0.5) is 0 Å². The van der Waals surface area contributed by atoms with E-state index in [-0.39, 0.29) is 0 Å². The fraction of sp³-hybridized carbons (Fsp3) is 0.571. The number of hydrogen-bond donors (Lipinski definition) is 1. The van der Waals surface area contributed by atoms with Crippen molar-refractivity contribution in [2.24, 2.45) is 5.92 Å². The number of aromatic nitrogens is 1. The highest BCUT2D eigenvalue weighted by Gasteiger charge is 2.41. The minimum atomic E-state index is -1.04. The number of carboxylic acid groups (broad SMARTS) is 1. The van der Waals surface area contributed by atoms with Gasteiger partial charge in [-0.05, 0) is 44.9 Å². The summed E-state index contributed by atoms with van der Waals surface area (Å²) in [6.45, 7) is 2.55. The van der Waals surface area contributed by atoms with Crippen molar-refractivity contribution in [2.45, 2.75) is 31.7 Å². The maximum atomic E-state index is 11.7. The van der Waals surface area contributed by atoms with Gasteiger partial charge in [-0.2, -0.15) is 0 Å². The third-order valence-electron chi connectivity index (χ3n) is 4.10. The molecule has 4 nitrogen and oxygen atoms in total. The largest absolute Gasteiger partial charge is 0.480 e. The SMILES string of the molecule is CN(CC1CCC1)C(C)(C(=O)O)c1ccccn1. The van der Waals surface area contributed by atoms with Crippen molar-refractivity contribution in [3.8, 4) is 0 Å². The standard InChI is InChI=1S/C14H20N2O2/c1-14(13(17)18,12-8-3-4-9-15-12)16(2)10-11-6-5-7-11/h3-4,8-9,11H,5-7,10H2,1-2H3,(H,17,18). The smallest absolute Gasteiger partial charge is 0.330 e. The Labute approximate surface area is 108 Å². The second-order valence-electron chi connectivity index (χ2n) is 5.27. The number of rotatable bonds is 5. The molecule has 18 heavy (non-hydrogen) atoms. The van der Waals surface area contributed by atoms with E-state index in [2.05, 4.69) is 4.98 Å². The molecule has 1 saturated carbocycles. The van der Waals surface area contributed by atoms with Gasteiger partial charge in [-0.15, -0.1) is 0 Å². The van der Waals surface area contributed by atoms with Crippen LogP contribution in [0.15, 0.2) is 24.4 Å². The Hall–Kier alpha value is -1.42. The highest BCUT2D eigenvalue weighted by Crippen LogP contribution is 2.32. The van der Waals surface area contributed by atoms with Crippen LogP contribution in [-0.4, -0.2) is 34.6 Å². The van der Waals surface area contributed by atoms with Crippen molar-refractivity contribution >= 4 is 5.97 Å². The third-order valence-corrected chi connectivity index (χ3v) is 4.10. The van der Waals surface area contributed by atoms with E-state index in [0.717, 1.165) is 6.54 Å². The fourth-order valence-corrected chi connectivity index (χ4v) is 2.36. The fourth-order valence-electron chi connectivity index (χ4n) is 2.36. The molecule has 0 aromatic carbocycles. The second-order valence-corrected chi connectivity index (χ2v) is 5.27. The molecule has 0 radical (unpaired) electrons. The molecule has 1 aromatic rings. The molecule has 1 aromatic heterocycles. The van der Waals surface area contributed by atoms with Gasteiger partial charge in [0.2, 0.25) is 0 Å². The summed E-state index contributed by atoms with van der Waals surface area (Å²) in [4.78, 5) is 17.8. The van der Waals surface area contributed by atoms with Crippen molar-refractivity contribution in [3.05, 3.63) is 30.1 Å². The average molecular weight is 248 g/mol. The zero-order chi connectivity index (χ0) is 13.2. The van der Waals surface area contributed by atoms with Gasteiger partial charge < -0.3 is 5.11 Å². The van der Waals surface area contributed by atoms with E-state index in [1.54, 1.807) is 25.3 Å². The summed E-state index contributed by atoms with van der Waals surface area (Å²) in [5.74, 6) is -0.208. The normalized spacial score (nSPS) is 19.3. The van der Waals surface area contributed by atoms with Crippen molar-refractivity contribution in [3.63, 3.8) is 0 Å². The van der Waals surface area contributed by atoms with Gasteiger partial charge in [0.1, 0.15) is 0 Å². The number of hydrogen-bond acceptors (Lipinski definition) is 3. The Balaban J connectivity index is 2.22. The van der Waals surface area contributed by atoms with Crippen LogP contribution in [-0.2, 0) is 10.3 Å². The van der Waals surface area contributed by atoms with E-state index in [9.17, 15) is 9.90 Å². The van der Waals surface area contributed by atoms with Crippen LogP contribution in [0.5, 0.6) is 0 Å². The lowest BCUT2D eigenvalue weighted by atomic mass is 9.83. The molecule has 1 unspecified atom stereocenters. The molecule has 0 bridgehead atoms. The topological polar surface area (TPSA) is 53.4 Å². The predicted octanol–water partition coefficient (Wildman–Crippen LogP) is 2.11. The summed E-state index contributed by atoms with van der Waals surface area (Å²) in [5.41, 5.74) is -0.448. The molecule has 1 N–H and O–H groups in total. The number of pyridine rings is 1. The Bertz CT molecular complexity index is 417. The highest BCUT2D eigenvalue weighted by molar-refractivity contribution is 5.79. The van der Waals surface area contributed by atoms with Gasteiger partial charge in [0.15, 0.2) is 5.54 Å². The number of carbonyl (C=O) groups is 1. The van der Waals surface area contributed by atoms with Crippen molar-refractivity contribution in [1.82, 2.24) is 9.88 Å².